The Balaban J connectivity index is 1.64. The SMILES string of the molecule is NC1CCC(NC(=O)C2N(C(=O)C3CC3)CCCN2S(=O)(=O)c2ccc(Cl)c(Cl)c2)CC1. The first-order valence-corrected chi connectivity index (χ1v) is 13.2. The molecule has 1 aromatic rings. The first kappa shape index (κ1) is 23.8. The zero-order valence-corrected chi connectivity index (χ0v) is 20.0. The van der Waals surface area contributed by atoms with Crippen molar-refractivity contribution in [2.24, 2.45) is 11.7 Å². The van der Waals surface area contributed by atoms with Crippen LogP contribution < -0.4 is 11.1 Å². The molecule has 0 aromatic heterocycles. The van der Waals surface area contributed by atoms with Gasteiger partial charge in [0, 0.05) is 31.1 Å². The number of nitrogens with zero attached hydrogens (tertiary/aromatic N) is 2. The van der Waals surface area contributed by atoms with Crippen LogP contribution in [0.15, 0.2) is 23.1 Å². The maximum absolute atomic E-state index is 13.5. The molecule has 176 valence electrons. The summed E-state index contributed by atoms with van der Waals surface area (Å²) >= 11 is 12.0. The lowest BCUT2D eigenvalue weighted by molar-refractivity contribution is -0.148. The average Bonchev–Trinajstić information content (AvgIpc) is 3.61. The fourth-order valence-corrected chi connectivity index (χ4v) is 6.41. The van der Waals surface area contributed by atoms with E-state index in [9.17, 15) is 18.0 Å². The van der Waals surface area contributed by atoms with Gasteiger partial charge in [0.25, 0.3) is 5.91 Å². The second-order valence-electron chi connectivity index (χ2n) is 8.85. The molecule has 8 nitrogen and oxygen atoms in total. The number of rotatable bonds is 5. The molecule has 1 aliphatic heterocycles. The van der Waals surface area contributed by atoms with Gasteiger partial charge < -0.3 is 16.0 Å². The van der Waals surface area contributed by atoms with Gasteiger partial charge in [-0.2, -0.15) is 4.31 Å². The number of hydrogen-bond donors (Lipinski definition) is 2. The minimum atomic E-state index is -4.10. The van der Waals surface area contributed by atoms with Gasteiger partial charge in [-0.1, -0.05) is 23.2 Å². The van der Waals surface area contributed by atoms with Crippen LogP contribution in [0.4, 0.5) is 0 Å². The van der Waals surface area contributed by atoms with E-state index in [2.05, 4.69) is 5.32 Å². The molecule has 32 heavy (non-hydrogen) atoms. The van der Waals surface area contributed by atoms with Gasteiger partial charge in [0.15, 0.2) is 6.17 Å². The van der Waals surface area contributed by atoms with Gasteiger partial charge in [-0.15, -0.1) is 0 Å². The molecule has 0 spiro atoms. The van der Waals surface area contributed by atoms with Crippen LogP contribution in [0.1, 0.15) is 44.9 Å². The lowest BCUT2D eigenvalue weighted by Crippen LogP contribution is -2.64. The fourth-order valence-electron chi connectivity index (χ4n) is 4.43. The number of carbonyl (C=O) groups excluding carboxylic acids is 2. The van der Waals surface area contributed by atoms with Crippen molar-refractivity contribution in [2.45, 2.75) is 68.1 Å². The van der Waals surface area contributed by atoms with Crippen molar-refractivity contribution in [1.29, 1.82) is 0 Å². The summed E-state index contributed by atoms with van der Waals surface area (Å²) in [5, 5.41) is 3.33. The van der Waals surface area contributed by atoms with Gasteiger partial charge in [0.2, 0.25) is 15.9 Å². The Morgan fingerprint density at radius 3 is 2.31 bits per heavy atom. The second-order valence-corrected chi connectivity index (χ2v) is 11.6. The predicted octanol–water partition coefficient (Wildman–Crippen LogP) is 2.34. The maximum atomic E-state index is 13.5. The summed E-state index contributed by atoms with van der Waals surface area (Å²) in [5.74, 6) is -0.765. The normalized spacial score (nSPS) is 27.2. The number of hydrogen-bond acceptors (Lipinski definition) is 5. The van der Waals surface area contributed by atoms with Crippen LogP contribution in [-0.4, -0.2) is 60.8 Å². The molecule has 1 aromatic carbocycles. The van der Waals surface area contributed by atoms with Crippen LogP contribution in [-0.2, 0) is 19.6 Å². The average molecular weight is 503 g/mol. The summed E-state index contributed by atoms with van der Waals surface area (Å²) in [6, 6.07) is 4.09. The van der Waals surface area contributed by atoms with Crippen molar-refractivity contribution in [3.05, 3.63) is 28.2 Å². The third kappa shape index (κ3) is 4.92. The Morgan fingerprint density at radius 2 is 1.69 bits per heavy atom. The lowest BCUT2D eigenvalue weighted by atomic mass is 9.92. The summed E-state index contributed by atoms with van der Waals surface area (Å²) in [6.45, 7) is 0.473. The molecule has 3 N–H and O–H groups in total. The minimum absolute atomic E-state index is 0.0611. The van der Waals surface area contributed by atoms with E-state index in [-0.39, 0.29) is 45.4 Å². The van der Waals surface area contributed by atoms with Crippen molar-refractivity contribution in [1.82, 2.24) is 14.5 Å². The highest BCUT2D eigenvalue weighted by molar-refractivity contribution is 7.89. The van der Waals surface area contributed by atoms with Crippen molar-refractivity contribution < 1.29 is 18.0 Å². The van der Waals surface area contributed by atoms with Gasteiger partial charge >= 0.3 is 0 Å². The van der Waals surface area contributed by atoms with Crippen molar-refractivity contribution in [3.8, 4) is 0 Å². The van der Waals surface area contributed by atoms with E-state index in [0.29, 0.717) is 13.0 Å². The second kappa shape index (κ2) is 9.46. The van der Waals surface area contributed by atoms with Crippen molar-refractivity contribution in [3.63, 3.8) is 0 Å². The highest BCUT2D eigenvalue weighted by Crippen LogP contribution is 2.35. The Hall–Kier alpha value is -1.39. The zero-order chi connectivity index (χ0) is 23.0. The molecule has 1 unspecified atom stereocenters. The molecule has 11 heteroatoms. The molecule has 0 bridgehead atoms. The van der Waals surface area contributed by atoms with Gasteiger partial charge in [-0.05, 0) is 63.1 Å². The molecule has 3 aliphatic rings. The maximum Gasteiger partial charge on any atom is 0.259 e. The first-order chi connectivity index (χ1) is 15.2. The largest absolute Gasteiger partial charge is 0.350 e. The Kier molecular flexibility index (Phi) is 7.03. The highest BCUT2D eigenvalue weighted by Gasteiger charge is 2.47. The topological polar surface area (TPSA) is 113 Å². The molecule has 2 amide bonds. The summed E-state index contributed by atoms with van der Waals surface area (Å²) in [7, 11) is -4.10. The molecule has 2 aliphatic carbocycles. The molecule has 4 rings (SSSR count). The molecular weight excluding hydrogens is 475 g/mol. The fraction of sp³-hybridized carbons (Fsp3) is 0.619. The number of nitrogens with one attached hydrogen (secondary N) is 1. The van der Waals surface area contributed by atoms with E-state index in [0.717, 1.165) is 42.8 Å². The molecule has 1 saturated heterocycles. The molecule has 3 fully saturated rings. The van der Waals surface area contributed by atoms with Gasteiger partial charge in [-0.25, -0.2) is 8.42 Å². The lowest BCUT2D eigenvalue weighted by Gasteiger charge is -2.42. The van der Waals surface area contributed by atoms with Crippen LogP contribution >= 0.6 is 23.2 Å². The van der Waals surface area contributed by atoms with Crippen molar-refractivity contribution in [2.75, 3.05) is 13.1 Å². The van der Waals surface area contributed by atoms with Crippen LogP contribution in [0.5, 0.6) is 0 Å². The summed E-state index contributed by atoms with van der Waals surface area (Å²) in [4.78, 5) is 27.8. The Bertz CT molecular complexity index is 994. The molecule has 2 saturated carbocycles. The van der Waals surface area contributed by atoms with E-state index < -0.39 is 22.1 Å². The summed E-state index contributed by atoms with van der Waals surface area (Å²) < 4.78 is 28.2. The van der Waals surface area contributed by atoms with E-state index in [1.54, 1.807) is 0 Å². The predicted molar refractivity (Wildman–Crippen MR) is 122 cm³/mol. The van der Waals surface area contributed by atoms with E-state index >= 15 is 0 Å². The number of amides is 2. The van der Waals surface area contributed by atoms with Crippen LogP contribution in [0, 0.1) is 5.92 Å². The third-order valence-electron chi connectivity index (χ3n) is 6.41. The minimum Gasteiger partial charge on any atom is -0.350 e. The van der Waals surface area contributed by atoms with E-state index in [1.165, 1.54) is 23.1 Å². The molecule has 1 atom stereocenters. The monoisotopic (exact) mass is 502 g/mol. The number of nitrogens with two attached hydrogens (primary N) is 1. The smallest absolute Gasteiger partial charge is 0.259 e. The molecular formula is C21H28Cl2N4O4S. The quantitative estimate of drug-likeness (QED) is 0.641. The Morgan fingerprint density at radius 1 is 1.00 bits per heavy atom. The number of benzene rings is 1. The van der Waals surface area contributed by atoms with Crippen LogP contribution in [0.3, 0.4) is 0 Å². The van der Waals surface area contributed by atoms with Crippen LogP contribution in [0.25, 0.3) is 0 Å². The molecule has 0 radical (unpaired) electrons. The van der Waals surface area contributed by atoms with Gasteiger partial charge in [0.1, 0.15) is 0 Å². The highest BCUT2D eigenvalue weighted by atomic mass is 35.5. The van der Waals surface area contributed by atoms with Gasteiger partial charge in [0.05, 0.1) is 14.9 Å². The summed E-state index contributed by atoms with van der Waals surface area (Å²) in [6.07, 6.45) is 3.81. The van der Waals surface area contributed by atoms with E-state index in [4.69, 9.17) is 28.9 Å². The third-order valence-corrected chi connectivity index (χ3v) is 8.99. The Labute approximate surface area is 198 Å². The number of sulfonamides is 1. The number of halogens is 2. The zero-order valence-electron chi connectivity index (χ0n) is 17.7. The summed E-state index contributed by atoms with van der Waals surface area (Å²) in [5.41, 5.74) is 5.97. The van der Waals surface area contributed by atoms with E-state index in [1.807, 2.05) is 0 Å². The first-order valence-electron chi connectivity index (χ1n) is 11.0. The number of carbonyl (C=O) groups is 2. The van der Waals surface area contributed by atoms with Crippen molar-refractivity contribution >= 4 is 45.0 Å². The van der Waals surface area contributed by atoms with Crippen LogP contribution in [0.2, 0.25) is 10.0 Å². The standard InChI is InChI=1S/C21H28Cl2N4O4S/c22-17-9-8-16(12-18(17)23)32(30,31)27-11-1-10-26(21(29)13-2-3-13)20(27)19(28)25-15-6-4-14(24)5-7-15/h8-9,12-15,20H,1-7,10-11,24H2,(H,25,28). The molecule has 1 heterocycles. The van der Waals surface area contributed by atoms with Gasteiger partial charge in [-0.3, -0.25) is 9.59 Å².